The molecular weight excluding hydrogens is 609 g/mol. The van der Waals surface area contributed by atoms with E-state index in [1.54, 1.807) is 29.7 Å². The maximum absolute atomic E-state index is 14.9. The van der Waals surface area contributed by atoms with Crippen LogP contribution in [-0.2, 0) is 24.4 Å². The highest BCUT2D eigenvalue weighted by molar-refractivity contribution is 7.22. The van der Waals surface area contributed by atoms with Crippen LogP contribution >= 0.6 is 22.9 Å². The summed E-state index contributed by atoms with van der Waals surface area (Å²) in [5.41, 5.74) is 1.92. The number of nitrogens with zero attached hydrogens (tertiary/aromatic N) is 3. The van der Waals surface area contributed by atoms with Crippen molar-refractivity contribution in [1.29, 1.82) is 0 Å². The molecule has 9 nitrogen and oxygen atoms in total. The summed E-state index contributed by atoms with van der Waals surface area (Å²) in [6.45, 7) is 2.45. The number of fused-ring (bicyclic) bond motifs is 1. The first-order chi connectivity index (χ1) is 21.2. The lowest BCUT2D eigenvalue weighted by molar-refractivity contribution is -0.384. The third-order valence-electron chi connectivity index (χ3n) is 6.88. The van der Waals surface area contributed by atoms with Gasteiger partial charge in [0.2, 0.25) is 5.43 Å². The summed E-state index contributed by atoms with van der Waals surface area (Å²) >= 11 is 7.65. The number of carbonyl (C=O) groups excluding carboxylic acids is 1. The fraction of sp³-hybridized carbons (Fsp3) is 0.188. The molecule has 44 heavy (non-hydrogen) atoms. The Hall–Kier alpha value is -4.58. The molecule has 0 bridgehead atoms. The molecule has 0 amide bonds. The predicted molar refractivity (Wildman–Crippen MR) is 168 cm³/mol. The molecule has 0 saturated heterocycles. The van der Waals surface area contributed by atoms with Gasteiger partial charge in [-0.25, -0.2) is 9.18 Å². The van der Waals surface area contributed by atoms with E-state index in [-0.39, 0.29) is 40.6 Å². The van der Waals surface area contributed by atoms with Crippen LogP contribution in [0.2, 0.25) is 5.02 Å². The van der Waals surface area contributed by atoms with E-state index in [1.807, 2.05) is 42.3 Å². The highest BCUT2D eigenvalue weighted by atomic mass is 35.5. The van der Waals surface area contributed by atoms with E-state index in [1.165, 1.54) is 41.8 Å². The van der Waals surface area contributed by atoms with Crippen molar-refractivity contribution in [3.8, 4) is 16.2 Å². The maximum Gasteiger partial charge on any atom is 0.514 e. The van der Waals surface area contributed by atoms with Crippen molar-refractivity contribution >= 4 is 45.0 Å². The van der Waals surface area contributed by atoms with Gasteiger partial charge in [-0.2, -0.15) is 0 Å². The van der Waals surface area contributed by atoms with Gasteiger partial charge in [0, 0.05) is 40.7 Å². The second-order valence-corrected chi connectivity index (χ2v) is 11.4. The van der Waals surface area contributed by atoms with Crippen molar-refractivity contribution in [2.75, 3.05) is 13.7 Å². The number of nitro groups is 1. The van der Waals surface area contributed by atoms with Crippen molar-refractivity contribution in [1.82, 2.24) is 9.47 Å². The van der Waals surface area contributed by atoms with E-state index in [0.29, 0.717) is 33.9 Å². The molecule has 0 aliphatic rings. The third kappa shape index (κ3) is 6.65. The van der Waals surface area contributed by atoms with Crippen LogP contribution in [0, 0.1) is 15.9 Å². The first-order valence-electron chi connectivity index (χ1n) is 13.6. The summed E-state index contributed by atoms with van der Waals surface area (Å²) in [6, 6.07) is 20.2. The number of pyridine rings is 1. The monoisotopic (exact) mass is 635 g/mol. The molecule has 0 radical (unpaired) electrons. The summed E-state index contributed by atoms with van der Waals surface area (Å²) in [5.74, 6) is -0.824. The number of hydrogen-bond donors (Lipinski definition) is 0. The zero-order chi connectivity index (χ0) is 31.4. The Kier molecular flexibility index (Phi) is 9.38. The number of aromatic nitrogens is 1. The molecule has 2 heterocycles. The summed E-state index contributed by atoms with van der Waals surface area (Å²) in [5, 5.41) is 11.8. The Morgan fingerprint density at radius 3 is 2.43 bits per heavy atom. The molecule has 226 valence electrons. The van der Waals surface area contributed by atoms with E-state index in [0.717, 1.165) is 5.56 Å². The summed E-state index contributed by atoms with van der Waals surface area (Å²) < 4.78 is 26.8. The predicted octanol–water partition coefficient (Wildman–Crippen LogP) is 7.65. The van der Waals surface area contributed by atoms with Crippen molar-refractivity contribution in [3.05, 3.63) is 127 Å². The van der Waals surface area contributed by atoms with E-state index in [4.69, 9.17) is 21.1 Å². The van der Waals surface area contributed by atoms with Crippen LogP contribution in [0.1, 0.15) is 23.6 Å². The number of benzene rings is 3. The van der Waals surface area contributed by atoms with Gasteiger partial charge in [-0.05, 0) is 54.9 Å². The SMILES string of the molecule is CCOC(=O)Oc1cn(Cc2c(F)cccc2Cl)c2sc(-c3ccc([N+](=O)[O-])cc3)c(CN(C)Cc3ccccc3)c2c1=O. The van der Waals surface area contributed by atoms with Crippen LogP contribution in [0.5, 0.6) is 5.75 Å². The number of nitro benzene ring substituents is 1. The highest BCUT2D eigenvalue weighted by Crippen LogP contribution is 2.40. The average Bonchev–Trinajstić information content (AvgIpc) is 3.37. The summed E-state index contributed by atoms with van der Waals surface area (Å²) in [4.78, 5) is 40.4. The minimum absolute atomic E-state index is 0.0401. The van der Waals surface area contributed by atoms with E-state index in [2.05, 4.69) is 0 Å². The Labute approximate surface area is 260 Å². The molecule has 2 aromatic heterocycles. The van der Waals surface area contributed by atoms with Crippen LogP contribution in [0.15, 0.2) is 83.8 Å². The topological polar surface area (TPSA) is 104 Å². The van der Waals surface area contributed by atoms with Crippen LogP contribution in [-0.4, -0.2) is 34.2 Å². The quantitative estimate of drug-likeness (QED) is 0.0882. The number of carbonyl (C=O) groups is 1. The van der Waals surface area contributed by atoms with Crippen molar-refractivity contribution in [2.45, 2.75) is 26.6 Å². The van der Waals surface area contributed by atoms with Gasteiger partial charge >= 0.3 is 6.16 Å². The minimum atomic E-state index is -1.05. The number of halogens is 2. The van der Waals surface area contributed by atoms with Gasteiger partial charge in [-0.15, -0.1) is 11.3 Å². The van der Waals surface area contributed by atoms with Gasteiger partial charge < -0.3 is 14.0 Å². The highest BCUT2D eigenvalue weighted by Gasteiger charge is 2.25. The van der Waals surface area contributed by atoms with E-state index in [9.17, 15) is 24.1 Å². The molecule has 0 aliphatic heterocycles. The molecule has 12 heteroatoms. The first kappa shape index (κ1) is 30.9. The molecule has 0 aliphatic carbocycles. The number of rotatable bonds is 10. The van der Waals surface area contributed by atoms with Crippen molar-refractivity contribution in [2.24, 2.45) is 0 Å². The number of non-ortho nitro benzene ring substituents is 1. The number of ether oxygens (including phenoxy) is 2. The van der Waals surface area contributed by atoms with Crippen LogP contribution in [0.4, 0.5) is 14.9 Å². The Bertz CT molecular complexity index is 1870. The molecule has 0 atom stereocenters. The summed E-state index contributed by atoms with van der Waals surface area (Å²) in [7, 11) is 1.91. The molecule has 0 N–H and O–H groups in total. The van der Waals surface area contributed by atoms with Crippen LogP contribution in [0.3, 0.4) is 0 Å². The summed E-state index contributed by atoms with van der Waals surface area (Å²) in [6.07, 6.45) is 0.297. The lowest BCUT2D eigenvalue weighted by atomic mass is 10.0. The molecule has 0 fully saturated rings. The lowest BCUT2D eigenvalue weighted by Crippen LogP contribution is -2.21. The third-order valence-corrected chi connectivity index (χ3v) is 8.55. The average molecular weight is 636 g/mol. The number of thiophene rings is 1. The largest absolute Gasteiger partial charge is 0.514 e. The molecule has 5 aromatic rings. The maximum atomic E-state index is 14.9. The first-order valence-corrected chi connectivity index (χ1v) is 14.8. The molecule has 0 spiro atoms. The molecule has 5 rings (SSSR count). The molecule has 3 aromatic carbocycles. The van der Waals surface area contributed by atoms with Crippen LogP contribution in [0.25, 0.3) is 20.7 Å². The zero-order valence-corrected chi connectivity index (χ0v) is 25.4. The fourth-order valence-electron chi connectivity index (χ4n) is 4.89. The van der Waals surface area contributed by atoms with Gasteiger partial charge in [0.05, 0.1) is 29.7 Å². The Balaban J connectivity index is 1.73. The van der Waals surface area contributed by atoms with Gasteiger partial charge in [-0.3, -0.25) is 19.8 Å². The van der Waals surface area contributed by atoms with Gasteiger partial charge in [0.25, 0.3) is 5.69 Å². The van der Waals surface area contributed by atoms with Gasteiger partial charge in [-0.1, -0.05) is 48.0 Å². The van der Waals surface area contributed by atoms with Gasteiger partial charge in [0.15, 0.2) is 5.75 Å². The second kappa shape index (κ2) is 13.4. The smallest absolute Gasteiger partial charge is 0.434 e. The molecule has 0 saturated carbocycles. The zero-order valence-electron chi connectivity index (χ0n) is 23.8. The standard InChI is InChI=1S/C32H27ClFN3O6S/c1-3-42-32(39)43-27-19-36(18-23-25(33)10-7-11-26(23)34)31-28(29(27)38)24(17-35(2)16-20-8-5-4-6-9-20)30(44-31)21-12-14-22(15-13-21)37(40)41/h4-15,19H,3,16-18H2,1-2H3. The number of hydrogen-bond acceptors (Lipinski definition) is 8. The lowest BCUT2D eigenvalue weighted by Gasteiger charge is -2.18. The van der Waals surface area contributed by atoms with Crippen LogP contribution < -0.4 is 10.2 Å². The van der Waals surface area contributed by atoms with E-state index < -0.39 is 22.3 Å². The normalized spacial score (nSPS) is 11.2. The minimum Gasteiger partial charge on any atom is -0.434 e. The fourth-order valence-corrected chi connectivity index (χ4v) is 6.40. The van der Waals surface area contributed by atoms with Gasteiger partial charge in [0.1, 0.15) is 10.6 Å². The molecular formula is C32H27ClFN3O6S. The Morgan fingerprint density at radius 1 is 1.05 bits per heavy atom. The molecule has 0 unspecified atom stereocenters. The second-order valence-electron chi connectivity index (χ2n) is 9.99. The van der Waals surface area contributed by atoms with E-state index >= 15 is 0 Å². The van der Waals surface area contributed by atoms with Crippen molar-refractivity contribution < 1.29 is 23.6 Å². The Morgan fingerprint density at radius 2 is 1.77 bits per heavy atom. The van der Waals surface area contributed by atoms with Crippen molar-refractivity contribution in [3.63, 3.8) is 0 Å².